The maximum Gasteiger partial charge on any atom is 0.348 e. The summed E-state index contributed by atoms with van der Waals surface area (Å²) in [6.07, 6.45) is 1.26. The van der Waals surface area contributed by atoms with Crippen LogP contribution < -0.4 is 10.6 Å². The van der Waals surface area contributed by atoms with Crippen LogP contribution in [0.3, 0.4) is 0 Å². The lowest BCUT2D eigenvalue weighted by atomic mass is 10.1. The number of nitrogens with one attached hydrogen (secondary N) is 2. The minimum absolute atomic E-state index is 0.0685. The summed E-state index contributed by atoms with van der Waals surface area (Å²) in [6, 6.07) is 6.42. The molecule has 0 spiro atoms. The van der Waals surface area contributed by atoms with Gasteiger partial charge in [-0.1, -0.05) is 12.1 Å². The summed E-state index contributed by atoms with van der Waals surface area (Å²) in [4.78, 5) is 49.6. The number of amides is 2. The number of ether oxygens (including phenoxy) is 5. The molecule has 2 amide bonds. The van der Waals surface area contributed by atoms with Gasteiger partial charge in [0.1, 0.15) is 12.0 Å². The van der Waals surface area contributed by atoms with Gasteiger partial charge in [0.2, 0.25) is 5.91 Å². The number of nitrogens with zero attached hydrogens (tertiary/aromatic N) is 2. The SMILES string of the molecule is Cc1nc(NC(=O)c2ccccc2NC(=O)CCOCCOCCOCCOCCOCCC=O)sc1[N+](=O)[O-]. The van der Waals surface area contributed by atoms with E-state index in [4.69, 9.17) is 23.7 Å². The Morgan fingerprint density at radius 1 is 0.900 bits per heavy atom. The van der Waals surface area contributed by atoms with Crippen LogP contribution in [0.5, 0.6) is 0 Å². The number of carbonyl (C=O) groups is 3. The number of rotatable bonds is 22. The van der Waals surface area contributed by atoms with Crippen molar-refractivity contribution < 1.29 is 43.0 Å². The molecule has 0 atom stereocenters. The Bertz CT molecular complexity index is 1080. The van der Waals surface area contributed by atoms with Crippen molar-refractivity contribution in [3.63, 3.8) is 0 Å². The minimum atomic E-state index is -0.557. The topological polar surface area (TPSA) is 177 Å². The number of aryl methyl sites for hydroxylation is 1. The van der Waals surface area contributed by atoms with Crippen molar-refractivity contribution in [3.05, 3.63) is 45.6 Å². The molecule has 15 heteroatoms. The molecule has 2 aromatic rings. The van der Waals surface area contributed by atoms with Gasteiger partial charge in [-0.3, -0.25) is 25.0 Å². The molecule has 14 nitrogen and oxygen atoms in total. The fourth-order valence-electron chi connectivity index (χ4n) is 3.06. The largest absolute Gasteiger partial charge is 0.379 e. The van der Waals surface area contributed by atoms with Gasteiger partial charge in [-0.2, -0.15) is 0 Å². The van der Waals surface area contributed by atoms with E-state index in [1.54, 1.807) is 18.2 Å². The van der Waals surface area contributed by atoms with Gasteiger partial charge < -0.3 is 33.8 Å². The number of thiazole rings is 1. The first-order valence-corrected chi connectivity index (χ1v) is 13.4. The van der Waals surface area contributed by atoms with E-state index in [9.17, 15) is 24.5 Å². The van der Waals surface area contributed by atoms with Gasteiger partial charge in [-0.25, -0.2) is 4.98 Å². The summed E-state index contributed by atoms with van der Waals surface area (Å²) in [5.41, 5.74) is 0.692. The van der Waals surface area contributed by atoms with Crippen LogP contribution in [0.25, 0.3) is 0 Å². The quantitative estimate of drug-likeness (QED) is 0.0902. The van der Waals surface area contributed by atoms with Crippen molar-refractivity contribution >= 4 is 45.3 Å². The molecule has 0 aliphatic rings. The maximum atomic E-state index is 12.7. The van der Waals surface area contributed by atoms with E-state index in [0.29, 0.717) is 71.6 Å². The molecule has 0 saturated heterocycles. The van der Waals surface area contributed by atoms with Crippen LogP contribution in [0.2, 0.25) is 0 Å². The van der Waals surface area contributed by atoms with Crippen LogP contribution in [-0.2, 0) is 33.3 Å². The van der Waals surface area contributed by atoms with Crippen LogP contribution in [0.1, 0.15) is 28.9 Å². The lowest BCUT2D eigenvalue weighted by Crippen LogP contribution is -2.19. The Balaban J connectivity index is 1.54. The van der Waals surface area contributed by atoms with Crippen molar-refractivity contribution in [2.24, 2.45) is 0 Å². The van der Waals surface area contributed by atoms with Gasteiger partial charge in [0.15, 0.2) is 5.13 Å². The van der Waals surface area contributed by atoms with Crippen LogP contribution in [0.4, 0.5) is 15.8 Å². The number of anilines is 2. The number of hydrogen-bond donors (Lipinski definition) is 2. The van der Waals surface area contributed by atoms with Gasteiger partial charge in [0, 0.05) is 6.42 Å². The van der Waals surface area contributed by atoms with E-state index < -0.39 is 10.8 Å². The number of carbonyl (C=O) groups excluding carboxylic acids is 3. The summed E-state index contributed by atoms with van der Waals surface area (Å²) in [7, 11) is 0. The van der Waals surface area contributed by atoms with E-state index in [2.05, 4.69) is 15.6 Å². The molecule has 0 bridgehead atoms. The molecule has 2 rings (SSSR count). The first-order chi connectivity index (χ1) is 19.4. The normalized spacial score (nSPS) is 10.8. The summed E-state index contributed by atoms with van der Waals surface area (Å²) in [5, 5.41) is 16.2. The zero-order valence-corrected chi connectivity index (χ0v) is 23.1. The minimum Gasteiger partial charge on any atom is -0.379 e. The van der Waals surface area contributed by atoms with Crippen LogP contribution in [-0.4, -0.2) is 94.1 Å². The highest BCUT2D eigenvalue weighted by molar-refractivity contribution is 7.19. The summed E-state index contributed by atoms with van der Waals surface area (Å²) in [5.74, 6) is -0.897. The standard InChI is InChI=1S/C25H34N4O10S/c1-19-24(29(33)34)40-25(26-19)28-23(32)20-5-2-3-6-21(20)27-22(31)7-10-36-12-14-38-16-18-39-17-15-37-13-11-35-9-4-8-30/h2-3,5-6,8H,4,7,9-18H2,1H3,(H,27,31)(H,26,28,32). The lowest BCUT2D eigenvalue weighted by molar-refractivity contribution is -0.380. The number of hydrogen-bond acceptors (Lipinski definition) is 12. The molecule has 0 aliphatic heterocycles. The zero-order chi connectivity index (χ0) is 29.0. The maximum absolute atomic E-state index is 12.7. The Morgan fingerprint density at radius 3 is 2.00 bits per heavy atom. The van der Waals surface area contributed by atoms with Crippen molar-refractivity contribution in [2.75, 3.05) is 76.7 Å². The molecule has 0 unspecified atom stereocenters. The highest BCUT2D eigenvalue weighted by Gasteiger charge is 2.20. The zero-order valence-electron chi connectivity index (χ0n) is 22.3. The molecular weight excluding hydrogens is 548 g/mol. The number of benzene rings is 1. The third-order valence-electron chi connectivity index (χ3n) is 4.95. The molecular formula is C25H34N4O10S. The molecule has 1 heterocycles. The van der Waals surface area contributed by atoms with Gasteiger partial charge >= 0.3 is 5.00 Å². The summed E-state index contributed by atoms with van der Waals surface area (Å²) >= 11 is 0.759. The predicted octanol–water partition coefficient (Wildman–Crippen LogP) is 2.61. The van der Waals surface area contributed by atoms with Crippen molar-refractivity contribution in [2.45, 2.75) is 19.8 Å². The second-order valence-electron chi connectivity index (χ2n) is 7.98. The van der Waals surface area contributed by atoms with Crippen LogP contribution in [0, 0.1) is 17.0 Å². The first-order valence-electron chi connectivity index (χ1n) is 12.6. The fourth-order valence-corrected chi connectivity index (χ4v) is 3.83. The number of aldehydes is 1. The Hall–Kier alpha value is -3.34. The number of nitro groups is 1. The van der Waals surface area contributed by atoms with Gasteiger partial charge in [0.25, 0.3) is 5.91 Å². The summed E-state index contributed by atoms with van der Waals surface area (Å²) in [6.45, 7) is 5.26. The lowest BCUT2D eigenvalue weighted by Gasteiger charge is -2.11. The third kappa shape index (κ3) is 13.1. The highest BCUT2D eigenvalue weighted by Crippen LogP contribution is 2.30. The van der Waals surface area contributed by atoms with Gasteiger partial charge in [-0.05, 0) is 30.4 Å². The van der Waals surface area contributed by atoms with Gasteiger partial charge in [-0.15, -0.1) is 0 Å². The second kappa shape index (κ2) is 19.7. The van der Waals surface area contributed by atoms with Crippen molar-refractivity contribution in [1.82, 2.24) is 4.98 Å². The molecule has 0 saturated carbocycles. The molecule has 2 N–H and O–H groups in total. The van der Waals surface area contributed by atoms with E-state index in [1.807, 2.05) is 0 Å². The molecule has 0 aliphatic carbocycles. The van der Waals surface area contributed by atoms with E-state index in [-0.39, 0.29) is 40.3 Å². The molecule has 40 heavy (non-hydrogen) atoms. The van der Waals surface area contributed by atoms with Crippen LogP contribution >= 0.6 is 11.3 Å². The molecule has 220 valence electrons. The Labute approximate surface area is 235 Å². The molecule has 1 aromatic carbocycles. The van der Waals surface area contributed by atoms with Gasteiger partial charge in [0.05, 0.1) is 88.7 Å². The van der Waals surface area contributed by atoms with Crippen molar-refractivity contribution in [3.8, 4) is 0 Å². The monoisotopic (exact) mass is 582 g/mol. The van der Waals surface area contributed by atoms with E-state index in [1.165, 1.54) is 13.0 Å². The Morgan fingerprint density at radius 2 is 1.45 bits per heavy atom. The average Bonchev–Trinajstić information content (AvgIpc) is 3.30. The number of para-hydroxylation sites is 1. The predicted molar refractivity (Wildman–Crippen MR) is 146 cm³/mol. The van der Waals surface area contributed by atoms with Crippen LogP contribution in [0.15, 0.2) is 24.3 Å². The smallest absolute Gasteiger partial charge is 0.348 e. The molecule has 0 fully saturated rings. The number of aromatic nitrogens is 1. The first kappa shape index (κ1) is 32.9. The second-order valence-corrected chi connectivity index (χ2v) is 8.96. The van der Waals surface area contributed by atoms with E-state index in [0.717, 1.165) is 17.6 Å². The van der Waals surface area contributed by atoms with Crippen molar-refractivity contribution in [1.29, 1.82) is 0 Å². The summed E-state index contributed by atoms with van der Waals surface area (Å²) < 4.78 is 26.7. The third-order valence-corrected chi connectivity index (χ3v) is 5.97. The molecule has 0 radical (unpaired) electrons. The fraction of sp³-hybridized carbons (Fsp3) is 0.520. The Kier molecular flexibility index (Phi) is 16.2. The average molecular weight is 583 g/mol. The van der Waals surface area contributed by atoms with E-state index >= 15 is 0 Å². The molecule has 1 aromatic heterocycles. The highest BCUT2D eigenvalue weighted by atomic mass is 32.1.